The summed E-state index contributed by atoms with van der Waals surface area (Å²) in [4.78, 5) is 4.16. The number of pyridine rings is 1. The predicted octanol–water partition coefficient (Wildman–Crippen LogP) is 3.64. The van der Waals surface area contributed by atoms with Gasteiger partial charge in [0.05, 0.1) is 0 Å². The highest BCUT2D eigenvalue weighted by atomic mass is 79.9. The number of hydrogen-bond acceptors (Lipinski definition) is 2. The molecule has 0 aliphatic heterocycles. The maximum absolute atomic E-state index is 4.16. The summed E-state index contributed by atoms with van der Waals surface area (Å²) >= 11 is 3.43. The van der Waals surface area contributed by atoms with Crippen molar-refractivity contribution in [2.75, 3.05) is 13.1 Å². The first kappa shape index (κ1) is 13.4. The van der Waals surface area contributed by atoms with Crippen LogP contribution in [0.2, 0.25) is 0 Å². The number of nitrogens with zero attached hydrogens (tertiary/aromatic N) is 1. The molecule has 0 spiro atoms. The molecular weight excluding hydrogens is 264 g/mol. The third-order valence-electron chi connectivity index (χ3n) is 2.33. The molecule has 3 heteroatoms. The first-order valence-corrected chi connectivity index (χ1v) is 6.56. The Kier molecular flexibility index (Phi) is 6.34. The number of rotatable bonds is 6. The van der Waals surface area contributed by atoms with Gasteiger partial charge in [-0.25, -0.2) is 0 Å². The zero-order valence-electron chi connectivity index (χ0n) is 9.96. The fourth-order valence-electron chi connectivity index (χ4n) is 1.45. The summed E-state index contributed by atoms with van der Waals surface area (Å²) < 4.78 is 1.03. The SMILES string of the molecule is CCCNC/C(=C/c1cncc(Br)c1)CC. The lowest BCUT2D eigenvalue weighted by atomic mass is 10.1. The van der Waals surface area contributed by atoms with E-state index in [1.54, 1.807) is 6.20 Å². The van der Waals surface area contributed by atoms with Crippen molar-refractivity contribution < 1.29 is 0 Å². The van der Waals surface area contributed by atoms with Crippen molar-refractivity contribution in [3.8, 4) is 0 Å². The van der Waals surface area contributed by atoms with E-state index in [4.69, 9.17) is 0 Å². The van der Waals surface area contributed by atoms with Crippen LogP contribution in [-0.2, 0) is 0 Å². The van der Waals surface area contributed by atoms with Gasteiger partial charge in [-0.2, -0.15) is 0 Å². The van der Waals surface area contributed by atoms with Crippen LogP contribution in [0.1, 0.15) is 32.3 Å². The van der Waals surface area contributed by atoms with E-state index in [2.05, 4.69) is 52.2 Å². The lowest BCUT2D eigenvalue weighted by molar-refractivity contribution is 0.706. The number of halogens is 1. The molecule has 88 valence electrons. The highest BCUT2D eigenvalue weighted by molar-refractivity contribution is 9.10. The van der Waals surface area contributed by atoms with Crippen LogP contribution >= 0.6 is 15.9 Å². The van der Waals surface area contributed by atoms with Gasteiger partial charge in [0.15, 0.2) is 0 Å². The first-order chi connectivity index (χ1) is 7.76. The molecule has 2 nitrogen and oxygen atoms in total. The van der Waals surface area contributed by atoms with E-state index in [1.807, 2.05) is 6.20 Å². The van der Waals surface area contributed by atoms with Gasteiger partial charge in [-0.1, -0.05) is 25.5 Å². The summed E-state index contributed by atoms with van der Waals surface area (Å²) in [6.45, 7) is 6.41. The molecule has 0 unspecified atom stereocenters. The first-order valence-electron chi connectivity index (χ1n) is 5.77. The molecule has 0 bridgehead atoms. The fraction of sp³-hybridized carbons (Fsp3) is 0.462. The predicted molar refractivity (Wildman–Crippen MR) is 73.4 cm³/mol. The van der Waals surface area contributed by atoms with E-state index in [9.17, 15) is 0 Å². The van der Waals surface area contributed by atoms with Crippen molar-refractivity contribution >= 4 is 22.0 Å². The Morgan fingerprint density at radius 2 is 2.25 bits per heavy atom. The molecule has 0 amide bonds. The average Bonchev–Trinajstić information content (AvgIpc) is 2.28. The lowest BCUT2D eigenvalue weighted by Gasteiger charge is -2.06. The van der Waals surface area contributed by atoms with Crippen LogP contribution in [0.3, 0.4) is 0 Å². The van der Waals surface area contributed by atoms with E-state index in [0.29, 0.717) is 0 Å². The Morgan fingerprint density at radius 1 is 1.44 bits per heavy atom. The van der Waals surface area contributed by atoms with E-state index in [1.165, 1.54) is 12.0 Å². The summed E-state index contributed by atoms with van der Waals surface area (Å²) in [5, 5.41) is 3.42. The van der Waals surface area contributed by atoms with Crippen molar-refractivity contribution in [3.63, 3.8) is 0 Å². The van der Waals surface area contributed by atoms with Crippen LogP contribution in [0.25, 0.3) is 6.08 Å². The lowest BCUT2D eigenvalue weighted by Crippen LogP contribution is -2.17. The summed E-state index contributed by atoms with van der Waals surface area (Å²) in [5.41, 5.74) is 2.57. The van der Waals surface area contributed by atoms with Crippen molar-refractivity contribution in [1.82, 2.24) is 10.3 Å². The van der Waals surface area contributed by atoms with Crippen LogP contribution in [0.4, 0.5) is 0 Å². The fourth-order valence-corrected chi connectivity index (χ4v) is 1.83. The number of nitrogens with one attached hydrogen (secondary N) is 1. The highest BCUT2D eigenvalue weighted by Crippen LogP contribution is 2.13. The van der Waals surface area contributed by atoms with Gasteiger partial charge in [-0.3, -0.25) is 4.98 Å². The summed E-state index contributed by atoms with van der Waals surface area (Å²) in [5.74, 6) is 0. The molecule has 1 N–H and O–H groups in total. The smallest absolute Gasteiger partial charge is 0.0410 e. The normalized spacial score (nSPS) is 11.8. The van der Waals surface area contributed by atoms with Crippen molar-refractivity contribution in [2.45, 2.75) is 26.7 Å². The molecule has 0 aromatic carbocycles. The summed E-state index contributed by atoms with van der Waals surface area (Å²) in [7, 11) is 0. The summed E-state index contributed by atoms with van der Waals surface area (Å²) in [6.07, 6.45) is 8.15. The highest BCUT2D eigenvalue weighted by Gasteiger charge is 1.96. The molecule has 1 heterocycles. The quantitative estimate of drug-likeness (QED) is 0.806. The van der Waals surface area contributed by atoms with E-state index in [-0.39, 0.29) is 0 Å². The van der Waals surface area contributed by atoms with E-state index >= 15 is 0 Å². The van der Waals surface area contributed by atoms with Crippen LogP contribution in [0.5, 0.6) is 0 Å². The molecular formula is C13H19BrN2. The zero-order chi connectivity index (χ0) is 11.8. The Balaban J connectivity index is 2.64. The standard InChI is InChI=1S/C13H19BrN2/c1-3-5-15-8-11(4-2)6-12-7-13(14)10-16-9-12/h6-7,9-10,15H,3-5,8H2,1-2H3/b11-6+. The largest absolute Gasteiger partial charge is 0.313 e. The second kappa shape index (κ2) is 7.58. The molecule has 1 rings (SSSR count). The zero-order valence-corrected chi connectivity index (χ0v) is 11.5. The minimum absolute atomic E-state index is 0.969. The Labute approximate surface area is 106 Å². The molecule has 16 heavy (non-hydrogen) atoms. The molecule has 1 aromatic rings. The molecule has 1 aromatic heterocycles. The van der Waals surface area contributed by atoms with E-state index in [0.717, 1.165) is 29.5 Å². The van der Waals surface area contributed by atoms with Crippen LogP contribution in [0, 0.1) is 0 Å². The topological polar surface area (TPSA) is 24.9 Å². The van der Waals surface area contributed by atoms with Crippen LogP contribution in [0.15, 0.2) is 28.5 Å². The molecule has 0 atom stereocenters. The third kappa shape index (κ3) is 4.90. The maximum Gasteiger partial charge on any atom is 0.0410 e. The molecule has 0 fully saturated rings. The Bertz CT molecular complexity index is 348. The minimum Gasteiger partial charge on any atom is -0.313 e. The van der Waals surface area contributed by atoms with Gasteiger partial charge in [-0.05, 0) is 46.9 Å². The van der Waals surface area contributed by atoms with Crippen LogP contribution < -0.4 is 5.32 Å². The molecule has 0 aliphatic rings. The van der Waals surface area contributed by atoms with Gasteiger partial charge in [-0.15, -0.1) is 0 Å². The molecule has 0 saturated carbocycles. The van der Waals surface area contributed by atoms with Gasteiger partial charge < -0.3 is 5.32 Å². The number of aromatic nitrogens is 1. The van der Waals surface area contributed by atoms with Crippen molar-refractivity contribution in [3.05, 3.63) is 34.1 Å². The van der Waals surface area contributed by atoms with E-state index < -0.39 is 0 Å². The number of hydrogen-bond donors (Lipinski definition) is 1. The molecule has 0 radical (unpaired) electrons. The summed E-state index contributed by atoms with van der Waals surface area (Å²) in [6, 6.07) is 2.09. The van der Waals surface area contributed by atoms with Gasteiger partial charge in [0, 0.05) is 23.4 Å². The van der Waals surface area contributed by atoms with Crippen molar-refractivity contribution in [2.24, 2.45) is 0 Å². The molecule has 0 saturated heterocycles. The van der Waals surface area contributed by atoms with Gasteiger partial charge >= 0.3 is 0 Å². The average molecular weight is 283 g/mol. The van der Waals surface area contributed by atoms with Crippen LogP contribution in [-0.4, -0.2) is 18.1 Å². The second-order valence-corrected chi connectivity index (χ2v) is 4.69. The second-order valence-electron chi connectivity index (χ2n) is 3.77. The maximum atomic E-state index is 4.16. The third-order valence-corrected chi connectivity index (χ3v) is 2.76. The molecule has 0 aliphatic carbocycles. The Hall–Kier alpha value is -0.670. The van der Waals surface area contributed by atoms with Gasteiger partial charge in [0.2, 0.25) is 0 Å². The monoisotopic (exact) mass is 282 g/mol. The van der Waals surface area contributed by atoms with Gasteiger partial charge in [0.1, 0.15) is 0 Å². The minimum atomic E-state index is 0.969. The van der Waals surface area contributed by atoms with Gasteiger partial charge in [0.25, 0.3) is 0 Å². The Morgan fingerprint density at radius 3 is 2.88 bits per heavy atom. The van der Waals surface area contributed by atoms with Crippen molar-refractivity contribution in [1.29, 1.82) is 0 Å².